The standard InChI is InChI=1S/C13H10F3N3O/c14-13(15,16)10-3-4-11(17-5-10)19-6-9(7-20)12(18-19)8-1-2-8/h3-8H,1-2H2. The average molecular weight is 281 g/mol. The van der Waals surface area contributed by atoms with Gasteiger partial charge in [0.05, 0.1) is 16.8 Å². The van der Waals surface area contributed by atoms with E-state index in [1.54, 1.807) is 0 Å². The van der Waals surface area contributed by atoms with E-state index in [-0.39, 0.29) is 11.7 Å². The Balaban J connectivity index is 1.94. The molecule has 3 rings (SSSR count). The van der Waals surface area contributed by atoms with Gasteiger partial charge in [0.1, 0.15) is 0 Å². The molecule has 0 atom stereocenters. The fourth-order valence-electron chi connectivity index (χ4n) is 1.97. The fourth-order valence-corrected chi connectivity index (χ4v) is 1.97. The molecule has 0 amide bonds. The molecule has 1 fully saturated rings. The molecule has 2 heterocycles. The van der Waals surface area contributed by atoms with Gasteiger partial charge in [-0.1, -0.05) is 0 Å². The summed E-state index contributed by atoms with van der Waals surface area (Å²) in [5.41, 5.74) is 0.349. The molecule has 0 N–H and O–H groups in total. The van der Waals surface area contributed by atoms with E-state index in [4.69, 9.17) is 0 Å². The first-order valence-electron chi connectivity index (χ1n) is 6.07. The van der Waals surface area contributed by atoms with Crippen molar-refractivity contribution in [3.63, 3.8) is 0 Å². The molecule has 20 heavy (non-hydrogen) atoms. The van der Waals surface area contributed by atoms with Crippen molar-refractivity contribution >= 4 is 6.29 Å². The zero-order valence-corrected chi connectivity index (χ0v) is 10.3. The Hall–Kier alpha value is -2.18. The Morgan fingerprint density at radius 2 is 2.05 bits per heavy atom. The molecule has 0 bridgehead atoms. The van der Waals surface area contributed by atoms with Crippen molar-refractivity contribution in [1.82, 2.24) is 14.8 Å². The van der Waals surface area contributed by atoms with E-state index in [9.17, 15) is 18.0 Å². The Morgan fingerprint density at radius 1 is 1.30 bits per heavy atom. The quantitative estimate of drug-likeness (QED) is 0.813. The number of alkyl halides is 3. The second-order valence-corrected chi connectivity index (χ2v) is 4.71. The number of rotatable bonds is 3. The molecule has 0 aromatic carbocycles. The topological polar surface area (TPSA) is 47.8 Å². The molecule has 2 aromatic rings. The lowest BCUT2D eigenvalue weighted by atomic mass is 10.2. The van der Waals surface area contributed by atoms with Crippen LogP contribution < -0.4 is 0 Å². The Morgan fingerprint density at radius 3 is 2.55 bits per heavy atom. The first kappa shape index (κ1) is 12.8. The van der Waals surface area contributed by atoms with Gasteiger partial charge >= 0.3 is 6.18 Å². The van der Waals surface area contributed by atoms with Crippen LogP contribution in [0.4, 0.5) is 13.2 Å². The molecule has 2 aromatic heterocycles. The van der Waals surface area contributed by atoms with Crippen LogP contribution in [0.3, 0.4) is 0 Å². The second kappa shape index (κ2) is 4.43. The summed E-state index contributed by atoms with van der Waals surface area (Å²) < 4.78 is 38.7. The Kier molecular flexibility index (Phi) is 2.84. The lowest BCUT2D eigenvalue weighted by Gasteiger charge is -2.06. The number of carbonyl (C=O) groups excluding carboxylic acids is 1. The summed E-state index contributed by atoms with van der Waals surface area (Å²) in [5.74, 6) is 0.541. The SMILES string of the molecule is O=Cc1cn(-c2ccc(C(F)(F)F)cn2)nc1C1CC1. The predicted octanol–water partition coefficient (Wildman–Crippen LogP) is 2.98. The number of hydrogen-bond acceptors (Lipinski definition) is 3. The lowest BCUT2D eigenvalue weighted by Crippen LogP contribution is -2.07. The molecule has 1 saturated carbocycles. The van der Waals surface area contributed by atoms with Crippen LogP contribution >= 0.6 is 0 Å². The maximum Gasteiger partial charge on any atom is 0.417 e. The van der Waals surface area contributed by atoms with Crippen LogP contribution in [0.5, 0.6) is 0 Å². The predicted molar refractivity (Wildman–Crippen MR) is 63.7 cm³/mol. The van der Waals surface area contributed by atoms with Crippen LogP contribution in [0.25, 0.3) is 5.82 Å². The van der Waals surface area contributed by atoms with Crippen LogP contribution in [-0.2, 0) is 6.18 Å². The number of pyridine rings is 1. The monoisotopic (exact) mass is 281 g/mol. The third-order valence-corrected chi connectivity index (χ3v) is 3.17. The maximum atomic E-state index is 12.5. The van der Waals surface area contributed by atoms with Gasteiger partial charge in [-0.2, -0.15) is 18.3 Å². The molecule has 104 valence electrons. The van der Waals surface area contributed by atoms with Gasteiger partial charge in [0.2, 0.25) is 0 Å². The van der Waals surface area contributed by atoms with Crippen LogP contribution in [0.2, 0.25) is 0 Å². The summed E-state index contributed by atoms with van der Waals surface area (Å²) >= 11 is 0. The van der Waals surface area contributed by atoms with Crippen LogP contribution in [0.1, 0.15) is 40.4 Å². The van der Waals surface area contributed by atoms with Gasteiger partial charge in [0, 0.05) is 18.3 Å². The molecule has 7 heteroatoms. The summed E-state index contributed by atoms with van der Waals surface area (Å²) in [4.78, 5) is 14.7. The highest BCUT2D eigenvalue weighted by atomic mass is 19.4. The Labute approximate surface area is 112 Å². The van der Waals surface area contributed by atoms with Gasteiger partial charge in [-0.25, -0.2) is 9.67 Å². The highest BCUT2D eigenvalue weighted by Gasteiger charge is 2.31. The van der Waals surface area contributed by atoms with Crippen LogP contribution in [0, 0.1) is 0 Å². The lowest BCUT2D eigenvalue weighted by molar-refractivity contribution is -0.137. The van der Waals surface area contributed by atoms with Gasteiger partial charge in [0.25, 0.3) is 0 Å². The minimum absolute atomic E-state index is 0.257. The zero-order valence-electron chi connectivity index (χ0n) is 10.3. The van der Waals surface area contributed by atoms with Crippen molar-refractivity contribution in [3.05, 3.63) is 41.3 Å². The molecular formula is C13H10F3N3O. The maximum absolute atomic E-state index is 12.5. The normalized spacial score (nSPS) is 15.3. The van der Waals surface area contributed by atoms with Crippen molar-refractivity contribution in [3.8, 4) is 5.82 Å². The number of hydrogen-bond donors (Lipinski definition) is 0. The summed E-state index contributed by atoms with van der Waals surface area (Å²) in [6.07, 6.45) is 0.519. The van der Waals surface area contributed by atoms with Crippen molar-refractivity contribution in [2.24, 2.45) is 0 Å². The number of nitrogens with zero attached hydrogens (tertiary/aromatic N) is 3. The zero-order chi connectivity index (χ0) is 14.3. The molecule has 4 nitrogen and oxygen atoms in total. The molecular weight excluding hydrogens is 271 g/mol. The molecule has 0 saturated heterocycles. The second-order valence-electron chi connectivity index (χ2n) is 4.71. The van der Waals surface area contributed by atoms with E-state index in [1.807, 2.05) is 0 Å². The number of aldehydes is 1. The van der Waals surface area contributed by atoms with E-state index < -0.39 is 11.7 Å². The van der Waals surface area contributed by atoms with Crippen molar-refractivity contribution in [2.75, 3.05) is 0 Å². The van der Waals surface area contributed by atoms with Gasteiger partial charge in [0.15, 0.2) is 12.1 Å². The molecule has 0 aliphatic heterocycles. The van der Waals surface area contributed by atoms with Gasteiger partial charge in [-0.3, -0.25) is 4.79 Å². The van der Waals surface area contributed by atoms with Crippen LogP contribution in [0.15, 0.2) is 24.5 Å². The first-order chi connectivity index (χ1) is 9.49. The van der Waals surface area contributed by atoms with Crippen molar-refractivity contribution in [2.45, 2.75) is 24.9 Å². The third-order valence-electron chi connectivity index (χ3n) is 3.17. The van der Waals surface area contributed by atoms with E-state index in [1.165, 1.54) is 16.9 Å². The smallest absolute Gasteiger partial charge is 0.298 e. The number of aromatic nitrogens is 3. The largest absolute Gasteiger partial charge is 0.417 e. The van der Waals surface area contributed by atoms with E-state index >= 15 is 0 Å². The highest BCUT2D eigenvalue weighted by molar-refractivity contribution is 5.76. The van der Waals surface area contributed by atoms with E-state index in [0.717, 1.165) is 25.1 Å². The van der Waals surface area contributed by atoms with E-state index in [0.29, 0.717) is 17.5 Å². The number of halogens is 3. The first-order valence-corrected chi connectivity index (χ1v) is 6.07. The molecule has 0 spiro atoms. The molecule has 1 aliphatic carbocycles. The summed E-state index contributed by atoms with van der Waals surface area (Å²) in [6.45, 7) is 0. The average Bonchev–Trinajstić information content (AvgIpc) is 3.17. The third kappa shape index (κ3) is 2.31. The fraction of sp³-hybridized carbons (Fsp3) is 0.308. The number of carbonyl (C=O) groups is 1. The summed E-state index contributed by atoms with van der Waals surface area (Å²) in [5, 5.41) is 4.25. The minimum atomic E-state index is -4.41. The van der Waals surface area contributed by atoms with Gasteiger partial charge in [-0.15, -0.1) is 0 Å². The van der Waals surface area contributed by atoms with Gasteiger partial charge < -0.3 is 0 Å². The van der Waals surface area contributed by atoms with Gasteiger partial charge in [-0.05, 0) is 25.0 Å². The van der Waals surface area contributed by atoms with Crippen molar-refractivity contribution in [1.29, 1.82) is 0 Å². The highest BCUT2D eigenvalue weighted by Crippen LogP contribution is 2.40. The Bertz CT molecular complexity index is 642. The van der Waals surface area contributed by atoms with E-state index in [2.05, 4.69) is 10.1 Å². The van der Waals surface area contributed by atoms with Crippen molar-refractivity contribution < 1.29 is 18.0 Å². The minimum Gasteiger partial charge on any atom is -0.298 e. The summed E-state index contributed by atoms with van der Waals surface area (Å²) in [7, 11) is 0. The molecule has 1 aliphatic rings. The molecule has 0 unspecified atom stereocenters. The summed E-state index contributed by atoms with van der Waals surface area (Å²) in [6, 6.07) is 2.18. The van der Waals surface area contributed by atoms with Crippen LogP contribution in [-0.4, -0.2) is 21.1 Å². The molecule has 0 radical (unpaired) electrons.